The Bertz CT molecular complexity index is 559. The van der Waals surface area contributed by atoms with Crippen LogP contribution in [0.2, 0.25) is 0 Å². The molecule has 1 aliphatic rings. The number of aryl methyl sites for hydroxylation is 1. The van der Waals surface area contributed by atoms with Gasteiger partial charge in [0, 0.05) is 23.7 Å². The summed E-state index contributed by atoms with van der Waals surface area (Å²) in [6.07, 6.45) is 8.94. The number of nitrogens with zero attached hydrogens (tertiary/aromatic N) is 2. The van der Waals surface area contributed by atoms with E-state index in [9.17, 15) is 0 Å². The van der Waals surface area contributed by atoms with E-state index in [0.717, 1.165) is 5.03 Å². The van der Waals surface area contributed by atoms with Gasteiger partial charge in [0.25, 0.3) is 0 Å². The third-order valence-electron chi connectivity index (χ3n) is 3.82. The molecule has 3 rings (SSSR count). The Hall–Kier alpha value is -1.39. The number of aromatic nitrogens is 2. The monoisotopic (exact) mass is 285 g/mol. The summed E-state index contributed by atoms with van der Waals surface area (Å²) in [5.74, 6) is 0. The first kappa shape index (κ1) is 13.6. The van der Waals surface area contributed by atoms with Gasteiger partial charge in [-0.2, -0.15) is 0 Å². The average molecular weight is 285 g/mol. The molecule has 0 aliphatic heterocycles. The Kier molecular flexibility index (Phi) is 4.33. The molecule has 2 aromatic rings. The van der Waals surface area contributed by atoms with E-state index >= 15 is 0 Å². The van der Waals surface area contributed by atoms with Crippen LogP contribution in [0, 0.1) is 0 Å². The van der Waals surface area contributed by atoms with Crippen molar-refractivity contribution in [3.63, 3.8) is 0 Å². The molecule has 0 saturated carbocycles. The van der Waals surface area contributed by atoms with Crippen LogP contribution >= 0.6 is 11.8 Å². The lowest BCUT2D eigenvalue weighted by Crippen LogP contribution is -2.27. The summed E-state index contributed by atoms with van der Waals surface area (Å²) in [7, 11) is 2.05. The second-order valence-electron chi connectivity index (χ2n) is 5.06. The van der Waals surface area contributed by atoms with Gasteiger partial charge in [0.1, 0.15) is 5.03 Å². The molecule has 0 amide bonds. The molecule has 1 aromatic carbocycles. The quantitative estimate of drug-likeness (QED) is 0.879. The normalized spacial score (nSPS) is 22.1. The fourth-order valence-electron chi connectivity index (χ4n) is 2.90. The number of fused-ring (bicyclic) bond motifs is 1. The van der Waals surface area contributed by atoms with Crippen LogP contribution in [0.1, 0.15) is 30.0 Å². The van der Waals surface area contributed by atoms with Gasteiger partial charge in [-0.1, -0.05) is 36.0 Å². The van der Waals surface area contributed by atoms with Crippen LogP contribution in [0.3, 0.4) is 0 Å². The van der Waals surface area contributed by atoms with E-state index in [1.54, 1.807) is 12.4 Å². The third-order valence-corrected chi connectivity index (χ3v) is 5.08. The highest BCUT2D eigenvalue weighted by molar-refractivity contribution is 7.99. The minimum Gasteiger partial charge on any atom is -0.312 e. The second kappa shape index (κ2) is 6.37. The smallest absolute Gasteiger partial charge is 0.115 e. The maximum Gasteiger partial charge on any atom is 0.115 e. The van der Waals surface area contributed by atoms with Crippen LogP contribution < -0.4 is 5.32 Å². The van der Waals surface area contributed by atoms with Gasteiger partial charge < -0.3 is 5.32 Å². The molecule has 2 unspecified atom stereocenters. The number of hydrogen-bond donors (Lipinski definition) is 1. The third kappa shape index (κ3) is 2.86. The number of hydrogen-bond acceptors (Lipinski definition) is 4. The van der Waals surface area contributed by atoms with E-state index in [1.807, 2.05) is 18.0 Å². The lowest BCUT2D eigenvalue weighted by atomic mass is 9.99. The molecule has 1 aromatic heterocycles. The van der Waals surface area contributed by atoms with E-state index in [1.165, 1.54) is 30.4 Å². The predicted octanol–water partition coefficient (Wildman–Crippen LogP) is 3.23. The van der Waals surface area contributed by atoms with E-state index in [2.05, 4.69) is 46.6 Å². The fourth-order valence-corrected chi connectivity index (χ4v) is 4.15. The van der Waals surface area contributed by atoms with Crippen LogP contribution in [-0.2, 0) is 6.42 Å². The molecule has 0 spiro atoms. The Labute approximate surface area is 124 Å². The van der Waals surface area contributed by atoms with Gasteiger partial charge in [-0.05, 0) is 37.4 Å². The molecule has 0 saturated heterocycles. The largest absolute Gasteiger partial charge is 0.312 e. The van der Waals surface area contributed by atoms with Crippen molar-refractivity contribution in [3.05, 3.63) is 54.0 Å². The first-order chi connectivity index (χ1) is 9.88. The van der Waals surface area contributed by atoms with Crippen molar-refractivity contribution in [2.45, 2.75) is 35.6 Å². The summed E-state index contributed by atoms with van der Waals surface area (Å²) in [6.45, 7) is 0. The highest BCUT2D eigenvalue weighted by Gasteiger charge is 2.27. The molecule has 3 nitrogen and oxygen atoms in total. The molecular weight excluding hydrogens is 266 g/mol. The first-order valence-corrected chi connectivity index (χ1v) is 7.94. The van der Waals surface area contributed by atoms with E-state index < -0.39 is 0 Å². The van der Waals surface area contributed by atoms with Crippen molar-refractivity contribution >= 4 is 11.8 Å². The van der Waals surface area contributed by atoms with Gasteiger partial charge in [0.2, 0.25) is 0 Å². The maximum absolute atomic E-state index is 4.40. The van der Waals surface area contributed by atoms with Crippen LogP contribution in [0.4, 0.5) is 0 Å². The Morgan fingerprint density at radius 2 is 2.15 bits per heavy atom. The number of rotatable bonds is 3. The SMILES string of the molecule is CNC1c2ccccc2CCCC1Sc1cnccn1. The molecule has 1 heterocycles. The summed E-state index contributed by atoms with van der Waals surface area (Å²) in [5.41, 5.74) is 2.92. The van der Waals surface area contributed by atoms with Crippen LogP contribution in [0.5, 0.6) is 0 Å². The molecule has 0 bridgehead atoms. The zero-order chi connectivity index (χ0) is 13.8. The zero-order valence-corrected chi connectivity index (χ0v) is 12.4. The Morgan fingerprint density at radius 1 is 1.25 bits per heavy atom. The van der Waals surface area contributed by atoms with Crippen molar-refractivity contribution in [1.29, 1.82) is 0 Å². The van der Waals surface area contributed by atoms with Crippen molar-refractivity contribution in [1.82, 2.24) is 15.3 Å². The number of thioether (sulfide) groups is 1. The summed E-state index contributed by atoms with van der Waals surface area (Å²) < 4.78 is 0. The van der Waals surface area contributed by atoms with Crippen LogP contribution in [0.15, 0.2) is 47.9 Å². The Morgan fingerprint density at radius 3 is 2.95 bits per heavy atom. The van der Waals surface area contributed by atoms with Gasteiger partial charge in [-0.3, -0.25) is 4.98 Å². The van der Waals surface area contributed by atoms with Gasteiger partial charge in [0.15, 0.2) is 0 Å². The standard InChI is InChI=1S/C16H19N3S/c1-17-16-13-7-3-2-5-12(13)6-4-8-14(16)20-15-11-18-9-10-19-15/h2-3,5,7,9-11,14,16-17H,4,6,8H2,1H3. The highest BCUT2D eigenvalue weighted by Crippen LogP contribution is 2.38. The summed E-state index contributed by atoms with van der Waals surface area (Å²) in [4.78, 5) is 8.57. The molecule has 2 atom stereocenters. The lowest BCUT2D eigenvalue weighted by molar-refractivity contribution is 0.547. The molecule has 104 valence electrons. The molecule has 0 radical (unpaired) electrons. The van der Waals surface area contributed by atoms with E-state index in [0.29, 0.717) is 11.3 Å². The predicted molar refractivity (Wildman–Crippen MR) is 82.9 cm³/mol. The highest BCUT2D eigenvalue weighted by atomic mass is 32.2. The van der Waals surface area contributed by atoms with Crippen molar-refractivity contribution < 1.29 is 0 Å². The fraction of sp³-hybridized carbons (Fsp3) is 0.375. The van der Waals surface area contributed by atoms with E-state index in [4.69, 9.17) is 0 Å². The van der Waals surface area contributed by atoms with Crippen molar-refractivity contribution in [2.24, 2.45) is 0 Å². The van der Waals surface area contributed by atoms with Crippen molar-refractivity contribution in [3.8, 4) is 0 Å². The zero-order valence-electron chi connectivity index (χ0n) is 11.6. The van der Waals surface area contributed by atoms with Gasteiger partial charge >= 0.3 is 0 Å². The van der Waals surface area contributed by atoms with Gasteiger partial charge in [-0.15, -0.1) is 0 Å². The lowest BCUT2D eigenvalue weighted by Gasteiger charge is -2.25. The molecule has 1 N–H and O–H groups in total. The second-order valence-corrected chi connectivity index (χ2v) is 6.32. The first-order valence-electron chi connectivity index (χ1n) is 7.06. The summed E-state index contributed by atoms with van der Waals surface area (Å²) >= 11 is 1.84. The summed E-state index contributed by atoms with van der Waals surface area (Å²) in [5, 5.41) is 5.01. The maximum atomic E-state index is 4.40. The van der Waals surface area contributed by atoms with Crippen LogP contribution in [-0.4, -0.2) is 22.3 Å². The molecule has 0 fully saturated rings. The minimum atomic E-state index is 0.376. The molecular formula is C16H19N3S. The molecule has 1 aliphatic carbocycles. The molecule has 4 heteroatoms. The minimum absolute atomic E-state index is 0.376. The molecule has 20 heavy (non-hydrogen) atoms. The number of nitrogens with one attached hydrogen (secondary N) is 1. The topological polar surface area (TPSA) is 37.8 Å². The van der Waals surface area contributed by atoms with Gasteiger partial charge in [0.05, 0.1) is 6.20 Å². The van der Waals surface area contributed by atoms with Crippen LogP contribution in [0.25, 0.3) is 0 Å². The van der Waals surface area contributed by atoms with Gasteiger partial charge in [-0.25, -0.2) is 4.98 Å². The van der Waals surface area contributed by atoms with Crippen molar-refractivity contribution in [2.75, 3.05) is 7.05 Å². The van der Waals surface area contributed by atoms with E-state index in [-0.39, 0.29) is 0 Å². The Balaban J connectivity index is 1.88. The average Bonchev–Trinajstić information content (AvgIpc) is 2.67. The number of benzene rings is 1. The summed E-state index contributed by atoms with van der Waals surface area (Å²) in [6, 6.07) is 9.17.